The fourth-order valence-electron chi connectivity index (χ4n) is 1.96. The van der Waals surface area contributed by atoms with Crippen LogP contribution in [0.1, 0.15) is 11.1 Å². The van der Waals surface area contributed by atoms with E-state index < -0.39 is 28.7 Å². The van der Waals surface area contributed by atoms with E-state index >= 15 is 0 Å². The van der Waals surface area contributed by atoms with E-state index in [1.165, 1.54) is 30.3 Å². The zero-order chi connectivity index (χ0) is 18.8. The van der Waals surface area contributed by atoms with Crippen molar-refractivity contribution in [3.05, 3.63) is 57.6 Å². The molecule has 0 unspecified atom stereocenters. The van der Waals surface area contributed by atoms with Gasteiger partial charge in [-0.25, -0.2) is 13.1 Å². The topological polar surface area (TPSA) is 55.4 Å². The Kier molecular flexibility index (Phi) is 5.88. The number of rotatable bonds is 5. The summed E-state index contributed by atoms with van der Waals surface area (Å²) >= 11 is 11.8. The third-order valence-corrected chi connectivity index (χ3v) is 5.43. The minimum Gasteiger partial charge on any atom is -0.405 e. The molecule has 2 aromatic carbocycles. The number of sulfonamides is 1. The number of nitrogens with one attached hydrogen (secondary N) is 1. The molecule has 0 saturated heterocycles. The Morgan fingerprint density at radius 2 is 1.76 bits per heavy atom. The molecule has 0 radical (unpaired) electrons. The van der Waals surface area contributed by atoms with Crippen LogP contribution >= 0.6 is 23.2 Å². The summed E-state index contributed by atoms with van der Waals surface area (Å²) < 4.78 is 68.1. The Morgan fingerprint density at radius 1 is 1.12 bits per heavy atom. The highest BCUT2D eigenvalue weighted by atomic mass is 35.5. The summed E-state index contributed by atoms with van der Waals surface area (Å²) in [5, 5.41) is 0.204. The third-order valence-electron chi connectivity index (χ3n) is 3.15. The Labute approximate surface area is 152 Å². The van der Waals surface area contributed by atoms with Crippen molar-refractivity contribution < 1.29 is 26.3 Å². The summed E-state index contributed by atoms with van der Waals surface area (Å²) in [4.78, 5) is -0.217. The minimum absolute atomic E-state index is 0.0187. The summed E-state index contributed by atoms with van der Waals surface area (Å²) in [5.41, 5.74) is 0.512. The molecule has 0 aliphatic carbocycles. The van der Waals surface area contributed by atoms with Crippen molar-refractivity contribution in [1.29, 1.82) is 0 Å². The maximum absolute atomic E-state index is 12.4. The minimum atomic E-state index is -4.88. The smallest absolute Gasteiger partial charge is 0.405 e. The Bertz CT molecular complexity index is 886. The molecular weight excluding hydrogens is 402 g/mol. The van der Waals surface area contributed by atoms with Crippen molar-refractivity contribution in [2.75, 3.05) is 0 Å². The molecule has 25 heavy (non-hydrogen) atoms. The van der Waals surface area contributed by atoms with Crippen molar-refractivity contribution in [2.24, 2.45) is 0 Å². The predicted octanol–water partition coefficient (Wildman–Crippen LogP) is 4.68. The monoisotopic (exact) mass is 413 g/mol. The number of para-hydroxylation sites is 1. The summed E-state index contributed by atoms with van der Waals surface area (Å²) in [6.07, 6.45) is -4.88. The largest absolute Gasteiger partial charge is 0.573 e. The summed E-state index contributed by atoms with van der Waals surface area (Å²) in [6.45, 7) is 1.19. The Balaban J connectivity index is 2.26. The van der Waals surface area contributed by atoms with Crippen LogP contribution in [-0.4, -0.2) is 14.8 Å². The molecule has 0 aliphatic heterocycles. The van der Waals surface area contributed by atoms with Gasteiger partial charge in [0.05, 0.1) is 5.02 Å². The third kappa shape index (κ3) is 5.24. The molecule has 10 heteroatoms. The normalized spacial score (nSPS) is 12.2. The van der Waals surface area contributed by atoms with Crippen LogP contribution in [-0.2, 0) is 16.6 Å². The lowest BCUT2D eigenvalue weighted by Gasteiger charge is -2.14. The van der Waals surface area contributed by atoms with Crippen LogP contribution in [0.25, 0.3) is 0 Å². The number of hydrogen-bond donors (Lipinski definition) is 1. The van der Waals surface area contributed by atoms with Crippen molar-refractivity contribution in [1.82, 2.24) is 4.72 Å². The van der Waals surface area contributed by atoms with Crippen LogP contribution in [0.3, 0.4) is 0 Å². The van der Waals surface area contributed by atoms with Gasteiger partial charge in [0.2, 0.25) is 10.0 Å². The Hall–Kier alpha value is -1.48. The molecule has 0 fully saturated rings. The molecule has 0 aliphatic rings. The first kappa shape index (κ1) is 19.8. The van der Waals surface area contributed by atoms with Crippen LogP contribution in [0, 0.1) is 6.92 Å². The van der Waals surface area contributed by atoms with Crippen molar-refractivity contribution in [2.45, 2.75) is 24.7 Å². The van der Waals surface area contributed by atoms with E-state index in [4.69, 9.17) is 23.2 Å². The highest BCUT2D eigenvalue weighted by Gasteiger charge is 2.32. The van der Waals surface area contributed by atoms with Gasteiger partial charge in [0.1, 0.15) is 10.6 Å². The van der Waals surface area contributed by atoms with Gasteiger partial charge in [-0.15, -0.1) is 13.2 Å². The molecule has 4 nitrogen and oxygen atoms in total. The average Bonchev–Trinajstić information content (AvgIpc) is 2.48. The lowest BCUT2D eigenvalue weighted by molar-refractivity contribution is -0.274. The van der Waals surface area contributed by atoms with E-state index in [0.29, 0.717) is 10.6 Å². The molecular formula is C15H12Cl2F3NO3S. The number of aryl methyl sites for hydroxylation is 1. The highest BCUT2D eigenvalue weighted by molar-refractivity contribution is 7.89. The van der Waals surface area contributed by atoms with E-state index in [0.717, 1.165) is 6.07 Å². The molecule has 0 spiro atoms. The number of hydrogen-bond acceptors (Lipinski definition) is 3. The van der Waals surface area contributed by atoms with E-state index in [1.54, 1.807) is 6.92 Å². The molecule has 0 atom stereocenters. The van der Waals surface area contributed by atoms with Gasteiger partial charge in [0.15, 0.2) is 0 Å². The lowest BCUT2D eigenvalue weighted by atomic mass is 10.2. The molecule has 2 rings (SSSR count). The predicted molar refractivity (Wildman–Crippen MR) is 88.3 cm³/mol. The average molecular weight is 414 g/mol. The first-order valence-electron chi connectivity index (χ1n) is 6.78. The molecule has 0 bridgehead atoms. The van der Waals surface area contributed by atoms with Crippen LogP contribution < -0.4 is 9.46 Å². The van der Waals surface area contributed by atoms with Gasteiger partial charge >= 0.3 is 6.36 Å². The summed E-state index contributed by atoms with van der Waals surface area (Å²) in [7, 11) is -4.07. The van der Waals surface area contributed by atoms with Crippen LogP contribution in [0.4, 0.5) is 13.2 Å². The molecule has 1 N–H and O–H groups in total. The maximum atomic E-state index is 12.4. The Morgan fingerprint density at radius 3 is 2.40 bits per heavy atom. The van der Waals surface area contributed by atoms with Gasteiger partial charge in [-0.05, 0) is 30.7 Å². The second-order valence-corrected chi connectivity index (χ2v) is 7.56. The van der Waals surface area contributed by atoms with Gasteiger partial charge in [-0.1, -0.05) is 41.4 Å². The second kappa shape index (κ2) is 7.41. The van der Waals surface area contributed by atoms with Gasteiger partial charge in [-0.2, -0.15) is 0 Å². The maximum Gasteiger partial charge on any atom is 0.573 e. The molecule has 136 valence electrons. The SMILES string of the molecule is Cc1cc(S(=O)(=O)NCc2ccccc2OC(F)(F)F)c(Cl)cc1Cl. The van der Waals surface area contributed by atoms with Gasteiger partial charge in [-0.3, -0.25) is 0 Å². The zero-order valence-electron chi connectivity index (χ0n) is 12.7. The fourth-order valence-corrected chi connectivity index (χ4v) is 3.80. The van der Waals surface area contributed by atoms with E-state index in [9.17, 15) is 21.6 Å². The van der Waals surface area contributed by atoms with Gasteiger partial charge < -0.3 is 4.74 Å². The van der Waals surface area contributed by atoms with Gasteiger partial charge in [0.25, 0.3) is 0 Å². The summed E-state index contributed by atoms with van der Waals surface area (Å²) in [6, 6.07) is 7.79. The molecule has 0 amide bonds. The standard InChI is InChI=1S/C15H12Cl2F3NO3S/c1-9-6-14(12(17)7-11(9)16)25(22,23)21-8-10-4-2-3-5-13(10)24-15(18,19)20/h2-7,21H,8H2,1H3. The molecule has 0 heterocycles. The van der Waals surface area contributed by atoms with Crippen molar-refractivity contribution in [3.63, 3.8) is 0 Å². The summed E-state index contributed by atoms with van der Waals surface area (Å²) in [5.74, 6) is -0.490. The number of alkyl halides is 3. The van der Waals surface area contributed by atoms with Crippen LogP contribution in [0.5, 0.6) is 5.75 Å². The zero-order valence-corrected chi connectivity index (χ0v) is 15.0. The lowest BCUT2D eigenvalue weighted by Crippen LogP contribution is -2.25. The van der Waals surface area contributed by atoms with E-state index in [2.05, 4.69) is 9.46 Å². The number of ether oxygens (including phenoxy) is 1. The first-order valence-corrected chi connectivity index (χ1v) is 9.02. The fraction of sp³-hybridized carbons (Fsp3) is 0.200. The van der Waals surface area contributed by atoms with E-state index in [1.807, 2.05) is 0 Å². The first-order chi connectivity index (χ1) is 11.5. The number of benzene rings is 2. The van der Waals surface area contributed by atoms with Crippen molar-refractivity contribution in [3.8, 4) is 5.75 Å². The second-order valence-electron chi connectivity index (χ2n) is 5.01. The quantitative estimate of drug-likeness (QED) is 0.773. The highest BCUT2D eigenvalue weighted by Crippen LogP contribution is 2.29. The molecule has 0 aromatic heterocycles. The molecule has 0 saturated carbocycles. The van der Waals surface area contributed by atoms with Gasteiger partial charge in [0, 0.05) is 17.1 Å². The van der Waals surface area contributed by atoms with E-state index in [-0.39, 0.29) is 15.5 Å². The van der Waals surface area contributed by atoms with Crippen LogP contribution in [0.2, 0.25) is 10.0 Å². The molecule has 2 aromatic rings. The number of halogens is 5. The van der Waals surface area contributed by atoms with Crippen molar-refractivity contribution >= 4 is 33.2 Å². The van der Waals surface area contributed by atoms with Crippen LogP contribution in [0.15, 0.2) is 41.3 Å².